The van der Waals surface area contributed by atoms with E-state index in [1.807, 2.05) is 19.1 Å². The van der Waals surface area contributed by atoms with Gasteiger partial charge in [-0.1, -0.05) is 28.1 Å². The van der Waals surface area contributed by atoms with Gasteiger partial charge in [0.1, 0.15) is 11.5 Å². The Bertz CT molecular complexity index is 578. The molecule has 3 rings (SSSR count). The van der Waals surface area contributed by atoms with Crippen LogP contribution in [0.1, 0.15) is 16.9 Å². The molecule has 0 unspecified atom stereocenters. The number of halogens is 1. The molecule has 0 radical (unpaired) electrons. The monoisotopic (exact) mass is 274 g/mol. The third kappa shape index (κ3) is 1.54. The maximum atomic E-state index is 5.64. The summed E-state index contributed by atoms with van der Waals surface area (Å²) >= 11 is 3.61. The van der Waals surface area contributed by atoms with Crippen molar-refractivity contribution in [1.82, 2.24) is 0 Å². The minimum absolute atomic E-state index is 0.938. The van der Waals surface area contributed by atoms with Gasteiger partial charge in [-0.3, -0.25) is 0 Å². The Balaban J connectivity index is 2.14. The fourth-order valence-corrected chi connectivity index (χ4v) is 2.70. The van der Waals surface area contributed by atoms with Gasteiger partial charge in [0.2, 0.25) is 0 Å². The molecule has 0 N–H and O–H groups in total. The van der Waals surface area contributed by atoms with E-state index in [1.54, 1.807) is 0 Å². The van der Waals surface area contributed by atoms with Crippen LogP contribution in [0.3, 0.4) is 0 Å². The van der Waals surface area contributed by atoms with Crippen LogP contribution in [0.15, 0.2) is 39.2 Å². The lowest BCUT2D eigenvalue weighted by Crippen LogP contribution is -1.85. The average molecular weight is 275 g/mol. The summed E-state index contributed by atoms with van der Waals surface area (Å²) in [6.07, 6.45) is 5.37. The number of allylic oxidation sites excluding steroid dienone is 1. The first-order valence-electron chi connectivity index (χ1n) is 5.30. The Kier molecular flexibility index (Phi) is 2.25. The number of hydrogen-bond donors (Lipinski definition) is 0. The molecule has 0 fully saturated rings. The molecule has 2 heteroatoms. The molecule has 0 saturated carbocycles. The molecule has 1 aliphatic rings. The topological polar surface area (TPSA) is 13.1 Å². The van der Waals surface area contributed by atoms with Gasteiger partial charge in [0, 0.05) is 10.0 Å². The summed E-state index contributed by atoms with van der Waals surface area (Å²) in [5, 5.41) is 0. The maximum Gasteiger partial charge on any atom is 0.134 e. The molecule has 0 bridgehead atoms. The highest BCUT2D eigenvalue weighted by atomic mass is 79.9. The van der Waals surface area contributed by atoms with Crippen LogP contribution in [-0.2, 0) is 6.42 Å². The van der Waals surface area contributed by atoms with E-state index < -0.39 is 0 Å². The number of benzene rings is 1. The van der Waals surface area contributed by atoms with Crippen LogP contribution in [0.2, 0.25) is 0 Å². The number of fused-ring (bicyclic) bond motifs is 1. The third-order valence-corrected chi connectivity index (χ3v) is 3.52. The van der Waals surface area contributed by atoms with Gasteiger partial charge in [-0.05, 0) is 48.7 Å². The molecule has 0 aliphatic heterocycles. The Morgan fingerprint density at radius 2 is 2.12 bits per heavy atom. The van der Waals surface area contributed by atoms with Crippen LogP contribution >= 0.6 is 15.9 Å². The van der Waals surface area contributed by atoms with E-state index in [9.17, 15) is 0 Å². The van der Waals surface area contributed by atoms with Gasteiger partial charge in [0.05, 0.1) is 0 Å². The van der Waals surface area contributed by atoms with Crippen LogP contribution in [0.5, 0.6) is 0 Å². The second-order valence-electron chi connectivity index (χ2n) is 4.05. The Morgan fingerprint density at radius 3 is 2.88 bits per heavy atom. The van der Waals surface area contributed by atoms with Gasteiger partial charge in [0.15, 0.2) is 0 Å². The average Bonchev–Trinajstić information content (AvgIpc) is 2.85. The van der Waals surface area contributed by atoms with E-state index in [-0.39, 0.29) is 0 Å². The Labute approximate surface area is 103 Å². The zero-order valence-corrected chi connectivity index (χ0v) is 10.5. The van der Waals surface area contributed by atoms with Gasteiger partial charge >= 0.3 is 0 Å². The number of hydrogen-bond acceptors (Lipinski definition) is 1. The fraction of sp³-hybridized carbons (Fsp3) is 0.143. The summed E-state index contributed by atoms with van der Waals surface area (Å²) in [5.41, 5.74) is 3.80. The number of furan rings is 1. The zero-order valence-electron chi connectivity index (χ0n) is 8.96. The lowest BCUT2D eigenvalue weighted by atomic mass is 10.0. The van der Waals surface area contributed by atoms with Crippen LogP contribution in [0.25, 0.3) is 17.4 Å². The van der Waals surface area contributed by atoms with E-state index in [2.05, 4.69) is 40.2 Å². The molecule has 16 heavy (non-hydrogen) atoms. The van der Waals surface area contributed by atoms with Gasteiger partial charge in [0.25, 0.3) is 0 Å². The molecular formula is C14H11BrO. The van der Waals surface area contributed by atoms with Crippen molar-refractivity contribution >= 4 is 22.0 Å². The molecule has 0 saturated heterocycles. The van der Waals surface area contributed by atoms with Gasteiger partial charge in [-0.15, -0.1) is 0 Å². The zero-order chi connectivity index (χ0) is 11.1. The highest BCUT2D eigenvalue weighted by Gasteiger charge is 2.12. The van der Waals surface area contributed by atoms with E-state index in [0.717, 1.165) is 28.0 Å². The molecule has 1 aliphatic carbocycles. The quantitative estimate of drug-likeness (QED) is 0.742. The second-order valence-corrected chi connectivity index (χ2v) is 4.90. The summed E-state index contributed by atoms with van der Waals surface area (Å²) < 4.78 is 6.78. The molecule has 1 nitrogen and oxygen atoms in total. The highest BCUT2D eigenvalue weighted by molar-refractivity contribution is 9.10. The molecule has 80 valence electrons. The first-order chi connectivity index (χ1) is 7.74. The molecule has 1 aromatic carbocycles. The molecule has 0 atom stereocenters. The SMILES string of the molecule is Cc1ccc(-c2cc(Br)c3c(c2)CC=C3)o1. The predicted molar refractivity (Wildman–Crippen MR) is 69.3 cm³/mol. The van der Waals surface area contributed by atoms with Gasteiger partial charge < -0.3 is 4.42 Å². The van der Waals surface area contributed by atoms with Crippen LogP contribution in [0.4, 0.5) is 0 Å². The highest BCUT2D eigenvalue weighted by Crippen LogP contribution is 2.33. The summed E-state index contributed by atoms with van der Waals surface area (Å²) in [7, 11) is 0. The summed E-state index contributed by atoms with van der Waals surface area (Å²) in [5.74, 6) is 1.89. The normalized spacial score (nSPS) is 13.1. The van der Waals surface area contributed by atoms with Crippen molar-refractivity contribution in [2.75, 3.05) is 0 Å². The summed E-state index contributed by atoms with van der Waals surface area (Å²) in [6.45, 7) is 1.97. The third-order valence-electron chi connectivity index (χ3n) is 2.86. The minimum Gasteiger partial charge on any atom is -0.461 e. The second kappa shape index (κ2) is 3.63. The fourth-order valence-electron chi connectivity index (χ4n) is 2.07. The predicted octanol–water partition coefficient (Wildman–Crippen LogP) is 4.59. The molecular weight excluding hydrogens is 264 g/mol. The van der Waals surface area contributed by atoms with E-state index in [1.165, 1.54) is 11.1 Å². The van der Waals surface area contributed by atoms with Crippen molar-refractivity contribution in [3.63, 3.8) is 0 Å². The minimum atomic E-state index is 0.938. The van der Waals surface area contributed by atoms with Crippen LogP contribution in [-0.4, -0.2) is 0 Å². The van der Waals surface area contributed by atoms with E-state index in [0.29, 0.717) is 0 Å². The first kappa shape index (κ1) is 9.91. The number of aryl methyl sites for hydroxylation is 1. The molecule has 1 heterocycles. The standard InChI is InChI=1S/C14H11BrO/c1-9-5-6-14(16-9)11-7-10-3-2-4-12(10)13(15)8-11/h2,4-8H,3H2,1H3. The lowest BCUT2D eigenvalue weighted by molar-refractivity contribution is 0.548. The molecule has 0 amide bonds. The van der Waals surface area contributed by atoms with E-state index >= 15 is 0 Å². The molecule has 0 spiro atoms. The Hall–Kier alpha value is -1.28. The van der Waals surface area contributed by atoms with Crippen molar-refractivity contribution in [2.24, 2.45) is 0 Å². The van der Waals surface area contributed by atoms with Crippen molar-refractivity contribution in [2.45, 2.75) is 13.3 Å². The maximum absolute atomic E-state index is 5.64. The first-order valence-corrected chi connectivity index (χ1v) is 6.09. The lowest BCUT2D eigenvalue weighted by Gasteiger charge is -2.05. The van der Waals surface area contributed by atoms with Crippen molar-refractivity contribution < 1.29 is 4.42 Å². The molecule has 1 aromatic heterocycles. The smallest absolute Gasteiger partial charge is 0.134 e. The van der Waals surface area contributed by atoms with Gasteiger partial charge in [-0.2, -0.15) is 0 Å². The van der Waals surface area contributed by atoms with Gasteiger partial charge in [-0.25, -0.2) is 0 Å². The van der Waals surface area contributed by atoms with Crippen molar-refractivity contribution in [3.8, 4) is 11.3 Å². The summed E-state index contributed by atoms with van der Waals surface area (Å²) in [4.78, 5) is 0. The largest absolute Gasteiger partial charge is 0.461 e. The number of rotatable bonds is 1. The van der Waals surface area contributed by atoms with E-state index in [4.69, 9.17) is 4.42 Å². The van der Waals surface area contributed by atoms with Crippen LogP contribution in [0, 0.1) is 6.92 Å². The summed E-state index contributed by atoms with van der Waals surface area (Å²) in [6, 6.07) is 8.34. The Morgan fingerprint density at radius 1 is 1.25 bits per heavy atom. The van der Waals surface area contributed by atoms with Crippen LogP contribution < -0.4 is 0 Å². The van der Waals surface area contributed by atoms with Crippen molar-refractivity contribution in [3.05, 3.63) is 51.7 Å². The van der Waals surface area contributed by atoms with Crippen molar-refractivity contribution in [1.29, 1.82) is 0 Å². The molecule has 2 aromatic rings.